The van der Waals surface area contributed by atoms with E-state index in [0.29, 0.717) is 12.3 Å². The molecular formula is C21H28N2O2. The molecule has 1 N–H and O–H groups in total. The number of hydrogen-bond donors (Lipinski definition) is 1. The van der Waals surface area contributed by atoms with Gasteiger partial charge >= 0.3 is 0 Å². The summed E-state index contributed by atoms with van der Waals surface area (Å²) in [7, 11) is 0. The molecule has 0 bridgehead atoms. The fraction of sp³-hybridized carbons (Fsp3) is 0.476. The molecule has 1 aliphatic carbocycles. The average molecular weight is 340 g/mol. The lowest BCUT2D eigenvalue weighted by Gasteiger charge is -2.15. The summed E-state index contributed by atoms with van der Waals surface area (Å²) in [5.74, 6) is 1.85. The van der Waals surface area contributed by atoms with E-state index in [2.05, 4.69) is 35.9 Å². The molecular weight excluding hydrogens is 312 g/mol. The third-order valence-electron chi connectivity index (χ3n) is 4.54. The number of ether oxygens (including phenoxy) is 1. The highest BCUT2D eigenvalue weighted by Crippen LogP contribution is 2.26. The number of fused-ring (bicyclic) bond motifs is 1. The minimum Gasteiger partial charge on any atom is -0.494 e. The van der Waals surface area contributed by atoms with Crippen molar-refractivity contribution in [3.63, 3.8) is 0 Å². The zero-order valence-corrected chi connectivity index (χ0v) is 15.3. The number of carbonyl (C=O) groups is 1. The molecule has 25 heavy (non-hydrogen) atoms. The van der Waals surface area contributed by atoms with Gasteiger partial charge in [0, 0.05) is 29.6 Å². The molecule has 0 atom stereocenters. The van der Waals surface area contributed by atoms with Gasteiger partial charge in [0.05, 0.1) is 6.61 Å². The van der Waals surface area contributed by atoms with Gasteiger partial charge in [-0.3, -0.25) is 4.79 Å². The number of benzene rings is 1. The number of carbonyl (C=O) groups excluding carboxylic acids is 1. The van der Waals surface area contributed by atoms with Crippen LogP contribution in [0.25, 0.3) is 5.69 Å². The molecule has 3 rings (SSSR count). The van der Waals surface area contributed by atoms with E-state index in [1.54, 1.807) is 0 Å². The summed E-state index contributed by atoms with van der Waals surface area (Å²) < 4.78 is 7.94. The third kappa shape index (κ3) is 4.51. The summed E-state index contributed by atoms with van der Waals surface area (Å²) in [6, 6.07) is 10.1. The second-order valence-electron chi connectivity index (χ2n) is 7.12. The Morgan fingerprint density at radius 3 is 2.72 bits per heavy atom. The van der Waals surface area contributed by atoms with Crippen LogP contribution < -0.4 is 10.1 Å². The lowest BCUT2D eigenvalue weighted by Crippen LogP contribution is -2.22. The van der Waals surface area contributed by atoms with Gasteiger partial charge in [0.25, 0.3) is 0 Å². The SMILES string of the molecule is CC(C)CNCCCOc1ccc(-n2ccc3c2CCCC3=O)cc1. The molecule has 0 saturated heterocycles. The Morgan fingerprint density at radius 1 is 1.16 bits per heavy atom. The van der Waals surface area contributed by atoms with Gasteiger partial charge in [0.2, 0.25) is 0 Å². The number of aromatic nitrogens is 1. The molecule has 0 aliphatic heterocycles. The standard InChI is InChI=1S/C21H28N2O2/c1-16(2)15-22-12-4-14-25-18-9-7-17(8-10-18)23-13-11-19-20(23)5-3-6-21(19)24/h7-11,13,16,22H,3-6,12,14-15H2,1-2H3. The Balaban J connectivity index is 1.54. The summed E-state index contributed by atoms with van der Waals surface area (Å²) in [5.41, 5.74) is 3.11. The van der Waals surface area contributed by atoms with Crippen molar-refractivity contribution in [1.29, 1.82) is 0 Å². The predicted molar refractivity (Wildman–Crippen MR) is 101 cm³/mol. The van der Waals surface area contributed by atoms with Crippen LogP contribution in [0.2, 0.25) is 0 Å². The molecule has 134 valence electrons. The minimum absolute atomic E-state index is 0.269. The third-order valence-corrected chi connectivity index (χ3v) is 4.54. The predicted octanol–water partition coefficient (Wildman–Crippen LogP) is 4.01. The fourth-order valence-corrected chi connectivity index (χ4v) is 3.25. The molecule has 1 aromatic carbocycles. The highest BCUT2D eigenvalue weighted by molar-refractivity contribution is 5.98. The molecule has 0 amide bonds. The van der Waals surface area contributed by atoms with Crippen LogP contribution in [0.5, 0.6) is 5.75 Å². The van der Waals surface area contributed by atoms with E-state index in [1.807, 2.05) is 24.4 Å². The monoisotopic (exact) mass is 340 g/mol. The summed E-state index contributed by atoms with van der Waals surface area (Å²) in [4.78, 5) is 12.0. The van der Waals surface area contributed by atoms with Crippen LogP contribution >= 0.6 is 0 Å². The molecule has 2 aromatic rings. The lowest BCUT2D eigenvalue weighted by atomic mass is 9.97. The van der Waals surface area contributed by atoms with Crippen molar-refractivity contribution in [1.82, 2.24) is 9.88 Å². The van der Waals surface area contributed by atoms with Gasteiger partial charge in [-0.1, -0.05) is 13.8 Å². The number of nitrogens with one attached hydrogen (secondary N) is 1. The van der Waals surface area contributed by atoms with Crippen molar-refractivity contribution in [2.45, 2.75) is 39.5 Å². The molecule has 4 nitrogen and oxygen atoms in total. The van der Waals surface area contributed by atoms with E-state index in [-0.39, 0.29) is 5.78 Å². The van der Waals surface area contributed by atoms with Crippen molar-refractivity contribution in [3.05, 3.63) is 47.8 Å². The molecule has 0 radical (unpaired) electrons. The van der Waals surface area contributed by atoms with E-state index in [0.717, 1.165) is 61.7 Å². The van der Waals surface area contributed by atoms with E-state index >= 15 is 0 Å². The molecule has 1 aliphatic rings. The first-order valence-corrected chi connectivity index (χ1v) is 9.32. The lowest BCUT2D eigenvalue weighted by molar-refractivity contribution is 0.0972. The normalized spacial score (nSPS) is 14.0. The molecule has 0 unspecified atom stereocenters. The van der Waals surface area contributed by atoms with Crippen molar-refractivity contribution in [2.75, 3.05) is 19.7 Å². The van der Waals surface area contributed by atoms with Gasteiger partial charge < -0.3 is 14.6 Å². The van der Waals surface area contributed by atoms with Crippen LogP contribution in [0.15, 0.2) is 36.5 Å². The van der Waals surface area contributed by atoms with Crippen molar-refractivity contribution >= 4 is 5.78 Å². The highest BCUT2D eigenvalue weighted by atomic mass is 16.5. The highest BCUT2D eigenvalue weighted by Gasteiger charge is 2.20. The van der Waals surface area contributed by atoms with E-state index in [4.69, 9.17) is 4.74 Å². The van der Waals surface area contributed by atoms with Crippen LogP contribution in [0, 0.1) is 5.92 Å². The van der Waals surface area contributed by atoms with Crippen LogP contribution in [-0.4, -0.2) is 30.0 Å². The largest absolute Gasteiger partial charge is 0.494 e. The maximum Gasteiger partial charge on any atom is 0.164 e. The van der Waals surface area contributed by atoms with Gasteiger partial charge in [-0.2, -0.15) is 0 Å². The fourth-order valence-electron chi connectivity index (χ4n) is 3.25. The van der Waals surface area contributed by atoms with Gasteiger partial charge in [0.1, 0.15) is 5.75 Å². The second-order valence-corrected chi connectivity index (χ2v) is 7.12. The molecule has 0 fully saturated rings. The maximum atomic E-state index is 12.0. The topological polar surface area (TPSA) is 43.3 Å². The summed E-state index contributed by atoms with van der Waals surface area (Å²) in [6.07, 6.45) is 5.60. The minimum atomic E-state index is 0.269. The first kappa shape index (κ1) is 17.7. The Morgan fingerprint density at radius 2 is 1.96 bits per heavy atom. The average Bonchev–Trinajstić information content (AvgIpc) is 3.04. The molecule has 4 heteroatoms. The number of nitrogens with zero attached hydrogens (tertiary/aromatic N) is 1. The molecule has 1 heterocycles. The number of ketones is 1. The molecule has 1 aromatic heterocycles. The Hall–Kier alpha value is -2.07. The van der Waals surface area contributed by atoms with Crippen LogP contribution in [0.3, 0.4) is 0 Å². The zero-order valence-electron chi connectivity index (χ0n) is 15.3. The van der Waals surface area contributed by atoms with Gasteiger partial charge in [-0.25, -0.2) is 0 Å². The summed E-state index contributed by atoms with van der Waals surface area (Å²) >= 11 is 0. The van der Waals surface area contributed by atoms with Gasteiger partial charge in [-0.05, 0) is 68.6 Å². The first-order valence-electron chi connectivity index (χ1n) is 9.32. The number of hydrogen-bond acceptors (Lipinski definition) is 3. The Bertz CT molecular complexity index is 701. The van der Waals surface area contributed by atoms with E-state index < -0.39 is 0 Å². The van der Waals surface area contributed by atoms with Crippen LogP contribution in [-0.2, 0) is 6.42 Å². The Labute approximate surface area is 150 Å². The zero-order chi connectivity index (χ0) is 17.6. The van der Waals surface area contributed by atoms with Crippen LogP contribution in [0.4, 0.5) is 0 Å². The number of rotatable bonds is 8. The van der Waals surface area contributed by atoms with Gasteiger partial charge in [-0.15, -0.1) is 0 Å². The maximum absolute atomic E-state index is 12.0. The molecule has 0 spiro atoms. The smallest absolute Gasteiger partial charge is 0.164 e. The van der Waals surface area contributed by atoms with E-state index in [1.165, 1.54) is 0 Å². The Kier molecular flexibility index (Phi) is 5.92. The first-order chi connectivity index (χ1) is 12.1. The molecule has 0 saturated carbocycles. The van der Waals surface area contributed by atoms with Gasteiger partial charge in [0.15, 0.2) is 5.78 Å². The summed E-state index contributed by atoms with van der Waals surface area (Å²) in [5, 5.41) is 3.42. The van der Waals surface area contributed by atoms with Crippen molar-refractivity contribution in [2.24, 2.45) is 5.92 Å². The van der Waals surface area contributed by atoms with Crippen molar-refractivity contribution < 1.29 is 9.53 Å². The quantitative estimate of drug-likeness (QED) is 0.738. The number of Topliss-reactive ketones (excluding diaryl/α,β-unsaturated/α-hetero) is 1. The summed E-state index contributed by atoms with van der Waals surface area (Å²) in [6.45, 7) is 7.18. The van der Waals surface area contributed by atoms with Crippen LogP contribution in [0.1, 0.15) is 49.2 Å². The van der Waals surface area contributed by atoms with Crippen molar-refractivity contribution in [3.8, 4) is 11.4 Å². The second kappa shape index (κ2) is 8.34. The van der Waals surface area contributed by atoms with E-state index in [9.17, 15) is 4.79 Å².